The highest BCUT2D eigenvalue weighted by atomic mass is 35.5. The molecule has 1 aliphatic heterocycles. The topological polar surface area (TPSA) is 152 Å². The Labute approximate surface area is 221 Å². The average Bonchev–Trinajstić information content (AvgIpc) is 3.48. The van der Waals surface area contributed by atoms with Gasteiger partial charge in [-0.3, -0.25) is 9.59 Å². The van der Waals surface area contributed by atoms with E-state index in [1.54, 1.807) is 12.1 Å². The number of ether oxygens (including phenoxy) is 1. The number of thiophene rings is 1. The van der Waals surface area contributed by atoms with E-state index < -0.39 is 33.9 Å². The summed E-state index contributed by atoms with van der Waals surface area (Å²) < 4.78 is 33.9. The number of aromatic carboxylic acids is 1. The fourth-order valence-electron chi connectivity index (χ4n) is 3.66. The highest BCUT2D eigenvalue weighted by Gasteiger charge is 2.37. The van der Waals surface area contributed by atoms with Gasteiger partial charge in [0.05, 0.1) is 9.90 Å². The first-order chi connectivity index (χ1) is 17.5. The number of hydrogen-bond acceptors (Lipinski definition) is 9. The first-order valence-corrected chi connectivity index (χ1v) is 13.5. The molecule has 1 aromatic carbocycles. The molecule has 1 fully saturated rings. The third kappa shape index (κ3) is 5.66. The summed E-state index contributed by atoms with van der Waals surface area (Å²) >= 11 is 7.26. The molecule has 3 heterocycles. The predicted octanol–water partition coefficient (Wildman–Crippen LogP) is 2.47. The molecule has 1 atom stereocenters. The van der Waals surface area contributed by atoms with Gasteiger partial charge in [-0.05, 0) is 36.8 Å². The van der Waals surface area contributed by atoms with Gasteiger partial charge >= 0.3 is 22.2 Å². The Morgan fingerprint density at radius 2 is 1.97 bits per heavy atom. The van der Waals surface area contributed by atoms with E-state index in [9.17, 15) is 27.9 Å². The van der Waals surface area contributed by atoms with Crippen LogP contribution in [0.15, 0.2) is 36.4 Å². The van der Waals surface area contributed by atoms with Gasteiger partial charge in [0.15, 0.2) is 5.82 Å². The number of carboxylic acids is 1. The summed E-state index contributed by atoms with van der Waals surface area (Å²) in [5.74, 6) is -2.91. The zero-order chi connectivity index (χ0) is 26.9. The number of carbonyl (C=O) groups excluding carboxylic acids is 2. The fourth-order valence-corrected chi connectivity index (χ4v) is 5.72. The minimum absolute atomic E-state index is 0.0381. The van der Waals surface area contributed by atoms with Crippen LogP contribution in [0.5, 0.6) is 6.01 Å². The van der Waals surface area contributed by atoms with E-state index >= 15 is 0 Å². The second-order valence-electron chi connectivity index (χ2n) is 8.30. The SMILES string of the molecule is CN(C)S(=O)(=O)N1CCC(c2nc(OCc3ccc(Cl)s3)n(C(=O)c3cccc(C(=O)O)c3)n2)CC1=O. The summed E-state index contributed by atoms with van der Waals surface area (Å²) in [6.07, 6.45) is 0.0607. The molecule has 15 heteroatoms. The minimum atomic E-state index is -3.92. The van der Waals surface area contributed by atoms with Gasteiger partial charge in [0, 0.05) is 43.4 Å². The monoisotopic (exact) mass is 567 g/mol. The van der Waals surface area contributed by atoms with E-state index in [1.807, 2.05) is 0 Å². The van der Waals surface area contributed by atoms with Gasteiger partial charge in [0.2, 0.25) is 5.91 Å². The van der Waals surface area contributed by atoms with Crippen LogP contribution in [0.2, 0.25) is 4.34 Å². The van der Waals surface area contributed by atoms with Crippen LogP contribution < -0.4 is 4.74 Å². The van der Waals surface area contributed by atoms with Crippen LogP contribution in [0.1, 0.15) is 50.2 Å². The molecular formula is C22H22ClN5O7S2. The van der Waals surface area contributed by atoms with E-state index in [0.29, 0.717) is 4.34 Å². The largest absolute Gasteiger partial charge is 0.478 e. The molecule has 1 N–H and O–H groups in total. The van der Waals surface area contributed by atoms with Crippen LogP contribution in [0.25, 0.3) is 0 Å². The van der Waals surface area contributed by atoms with Crippen molar-refractivity contribution < 1.29 is 32.6 Å². The standard InChI is InChI=1S/C22H22ClN5O7S2/c1-26(2)37(33,34)27-9-8-13(11-18(27)29)19-24-22(35-12-16-6-7-17(23)36-16)28(25-19)20(30)14-4-3-5-15(10-14)21(31)32/h3-7,10,13H,8-9,11-12H2,1-2H3,(H,31,32). The third-order valence-corrected chi connectivity index (χ3v) is 8.67. The number of piperidine rings is 1. The highest BCUT2D eigenvalue weighted by Crippen LogP contribution is 2.30. The van der Waals surface area contributed by atoms with E-state index in [2.05, 4.69) is 10.1 Å². The first kappa shape index (κ1) is 26.7. The van der Waals surface area contributed by atoms with Gasteiger partial charge < -0.3 is 9.84 Å². The molecule has 0 spiro atoms. The zero-order valence-corrected chi connectivity index (χ0v) is 22.1. The normalized spacial score (nSPS) is 16.3. The van der Waals surface area contributed by atoms with Crippen molar-refractivity contribution in [2.75, 3.05) is 20.6 Å². The second-order valence-corrected chi connectivity index (χ2v) is 12.2. The molecule has 2 aromatic heterocycles. The highest BCUT2D eigenvalue weighted by molar-refractivity contribution is 7.87. The maximum atomic E-state index is 13.3. The first-order valence-electron chi connectivity index (χ1n) is 10.9. The molecule has 196 valence electrons. The Morgan fingerprint density at radius 3 is 2.59 bits per heavy atom. The summed E-state index contributed by atoms with van der Waals surface area (Å²) in [5, 5.41) is 13.6. The second kappa shape index (κ2) is 10.6. The number of nitrogens with zero attached hydrogens (tertiary/aromatic N) is 5. The van der Waals surface area contributed by atoms with Crippen LogP contribution in [-0.4, -0.2) is 75.3 Å². The summed E-state index contributed by atoms with van der Waals surface area (Å²) in [6, 6.07) is 8.74. The van der Waals surface area contributed by atoms with Crippen molar-refractivity contribution in [1.82, 2.24) is 23.4 Å². The molecular weight excluding hydrogens is 546 g/mol. The number of benzene rings is 1. The van der Waals surface area contributed by atoms with E-state index in [4.69, 9.17) is 16.3 Å². The Balaban J connectivity index is 1.64. The van der Waals surface area contributed by atoms with Crippen molar-refractivity contribution in [3.63, 3.8) is 0 Å². The molecule has 3 aromatic rings. The maximum absolute atomic E-state index is 13.3. The van der Waals surface area contributed by atoms with E-state index in [0.717, 1.165) is 18.2 Å². The number of carbonyl (C=O) groups is 3. The number of rotatable bonds is 8. The quantitative estimate of drug-likeness (QED) is 0.432. The van der Waals surface area contributed by atoms with Crippen LogP contribution in [0.4, 0.5) is 0 Å². The Kier molecular flexibility index (Phi) is 7.64. The molecule has 4 rings (SSSR count). The summed E-state index contributed by atoms with van der Waals surface area (Å²) in [5.41, 5.74) is -0.0368. The van der Waals surface area contributed by atoms with E-state index in [1.165, 1.54) is 49.7 Å². The van der Waals surface area contributed by atoms with Crippen molar-refractivity contribution in [2.24, 2.45) is 0 Å². The number of amides is 1. The summed E-state index contributed by atoms with van der Waals surface area (Å²) in [6.45, 7) is -0.0343. The maximum Gasteiger partial charge on any atom is 0.335 e. The number of carboxylic acid groups (broad SMARTS) is 1. The van der Waals surface area contributed by atoms with Crippen LogP contribution in [0, 0.1) is 0 Å². The van der Waals surface area contributed by atoms with Gasteiger partial charge in [-0.25, -0.2) is 9.10 Å². The van der Waals surface area contributed by atoms with Crippen molar-refractivity contribution in [2.45, 2.75) is 25.4 Å². The summed E-state index contributed by atoms with van der Waals surface area (Å²) in [7, 11) is -1.24. The fraction of sp³-hybridized carbons (Fsp3) is 0.318. The van der Waals surface area contributed by atoms with Gasteiger partial charge in [-0.15, -0.1) is 21.1 Å². The lowest BCUT2D eigenvalue weighted by atomic mass is 9.97. The molecule has 0 aliphatic carbocycles. The lowest BCUT2D eigenvalue weighted by Crippen LogP contribution is -2.47. The van der Waals surface area contributed by atoms with Gasteiger partial charge in [0.1, 0.15) is 6.61 Å². The lowest BCUT2D eigenvalue weighted by Gasteiger charge is -2.31. The Hall–Kier alpha value is -3.33. The predicted molar refractivity (Wildman–Crippen MR) is 133 cm³/mol. The van der Waals surface area contributed by atoms with Gasteiger partial charge in [-0.2, -0.15) is 17.7 Å². The summed E-state index contributed by atoms with van der Waals surface area (Å²) in [4.78, 5) is 42.4. The van der Waals surface area contributed by atoms with Crippen LogP contribution in [0.3, 0.4) is 0 Å². The molecule has 1 unspecified atom stereocenters. The average molecular weight is 568 g/mol. The van der Waals surface area contributed by atoms with Crippen molar-refractivity contribution in [3.05, 3.63) is 62.6 Å². The van der Waals surface area contributed by atoms with Crippen molar-refractivity contribution >= 4 is 50.9 Å². The molecule has 12 nitrogen and oxygen atoms in total. The third-order valence-electron chi connectivity index (χ3n) is 5.60. The van der Waals surface area contributed by atoms with Gasteiger partial charge in [-0.1, -0.05) is 17.7 Å². The molecule has 1 amide bonds. The number of halogens is 1. The molecule has 0 radical (unpaired) electrons. The smallest absolute Gasteiger partial charge is 0.335 e. The Morgan fingerprint density at radius 1 is 1.24 bits per heavy atom. The van der Waals surface area contributed by atoms with Gasteiger partial charge in [0.25, 0.3) is 5.91 Å². The van der Waals surface area contributed by atoms with Crippen LogP contribution >= 0.6 is 22.9 Å². The molecule has 37 heavy (non-hydrogen) atoms. The lowest BCUT2D eigenvalue weighted by molar-refractivity contribution is -0.128. The zero-order valence-electron chi connectivity index (χ0n) is 19.7. The van der Waals surface area contributed by atoms with Crippen molar-refractivity contribution in [3.8, 4) is 6.01 Å². The van der Waals surface area contributed by atoms with E-state index in [-0.39, 0.29) is 49.0 Å². The molecule has 1 aliphatic rings. The minimum Gasteiger partial charge on any atom is -0.478 e. The molecule has 1 saturated heterocycles. The molecule has 0 bridgehead atoms. The number of hydrogen-bond donors (Lipinski definition) is 1. The number of aromatic nitrogens is 3. The van der Waals surface area contributed by atoms with Crippen molar-refractivity contribution in [1.29, 1.82) is 0 Å². The van der Waals surface area contributed by atoms with Crippen LogP contribution in [-0.2, 0) is 21.6 Å². The Bertz CT molecular complexity index is 1470. The molecule has 0 saturated carbocycles.